The highest BCUT2D eigenvalue weighted by Crippen LogP contribution is 1.97. The smallest absolute Gasteiger partial charge is 0.0270 e. The van der Waals surface area contributed by atoms with E-state index in [0.29, 0.717) is 6.04 Å². The van der Waals surface area contributed by atoms with Gasteiger partial charge in [-0.3, -0.25) is 4.98 Å². The van der Waals surface area contributed by atoms with Crippen molar-refractivity contribution in [3.8, 4) is 12.3 Å². The highest BCUT2D eigenvalue weighted by molar-refractivity contribution is 5.09. The van der Waals surface area contributed by atoms with Gasteiger partial charge in [-0.25, -0.2) is 0 Å². The Bertz CT molecular complexity index is 287. The van der Waals surface area contributed by atoms with E-state index < -0.39 is 0 Å². The van der Waals surface area contributed by atoms with Crippen molar-refractivity contribution in [2.45, 2.75) is 25.8 Å². The van der Waals surface area contributed by atoms with Crippen LogP contribution in [0.3, 0.4) is 0 Å². The largest absolute Gasteiger partial charge is 0.313 e. The molecule has 74 valence electrons. The van der Waals surface area contributed by atoms with Gasteiger partial charge in [0.25, 0.3) is 0 Å². The monoisotopic (exact) mass is 188 g/mol. The van der Waals surface area contributed by atoms with E-state index in [1.54, 1.807) is 0 Å². The zero-order valence-electron chi connectivity index (χ0n) is 8.53. The minimum absolute atomic E-state index is 0.404. The first-order valence-electron chi connectivity index (χ1n) is 4.88. The molecule has 0 amide bonds. The summed E-state index contributed by atoms with van der Waals surface area (Å²) >= 11 is 0. The Balaban J connectivity index is 2.19. The third kappa shape index (κ3) is 4.06. The van der Waals surface area contributed by atoms with Gasteiger partial charge in [-0.1, -0.05) is 0 Å². The summed E-state index contributed by atoms with van der Waals surface area (Å²) in [4.78, 5) is 3.97. The molecule has 1 aromatic heterocycles. The first-order valence-corrected chi connectivity index (χ1v) is 4.88. The Morgan fingerprint density at radius 1 is 1.50 bits per heavy atom. The molecule has 1 aromatic rings. The van der Waals surface area contributed by atoms with Crippen LogP contribution in [0.5, 0.6) is 0 Å². The van der Waals surface area contributed by atoms with E-state index in [4.69, 9.17) is 6.42 Å². The van der Waals surface area contributed by atoms with Crippen molar-refractivity contribution in [1.29, 1.82) is 0 Å². The molecule has 2 nitrogen and oxygen atoms in total. The average Bonchev–Trinajstić information content (AvgIpc) is 2.20. The molecule has 0 saturated heterocycles. The minimum Gasteiger partial charge on any atom is -0.313 e. The van der Waals surface area contributed by atoms with Crippen molar-refractivity contribution in [2.24, 2.45) is 0 Å². The summed E-state index contributed by atoms with van der Waals surface area (Å²) in [5.41, 5.74) is 1.31. The zero-order valence-corrected chi connectivity index (χ0v) is 8.53. The third-order valence-corrected chi connectivity index (χ3v) is 2.08. The van der Waals surface area contributed by atoms with Gasteiger partial charge in [-0.15, -0.1) is 12.3 Å². The van der Waals surface area contributed by atoms with Crippen molar-refractivity contribution in [1.82, 2.24) is 10.3 Å². The maximum absolute atomic E-state index is 5.21. The van der Waals surface area contributed by atoms with Crippen LogP contribution in [0.4, 0.5) is 0 Å². The van der Waals surface area contributed by atoms with Crippen molar-refractivity contribution in [3.63, 3.8) is 0 Å². The molecule has 0 aromatic carbocycles. The van der Waals surface area contributed by atoms with E-state index in [1.807, 2.05) is 24.5 Å². The maximum atomic E-state index is 5.21. The molecule has 0 saturated carbocycles. The Hall–Kier alpha value is -1.33. The number of hydrogen-bond donors (Lipinski definition) is 1. The molecule has 0 aliphatic carbocycles. The van der Waals surface area contributed by atoms with Crippen LogP contribution in [-0.4, -0.2) is 17.6 Å². The molecule has 14 heavy (non-hydrogen) atoms. The summed E-state index contributed by atoms with van der Waals surface area (Å²) in [6.07, 6.45) is 10.7. The lowest BCUT2D eigenvalue weighted by atomic mass is 10.2. The molecule has 1 heterocycles. The maximum Gasteiger partial charge on any atom is 0.0270 e. The van der Waals surface area contributed by atoms with Gasteiger partial charge < -0.3 is 5.32 Å². The Labute approximate surface area is 85.8 Å². The second-order valence-electron chi connectivity index (χ2n) is 3.37. The number of pyridine rings is 1. The Morgan fingerprint density at radius 3 is 2.86 bits per heavy atom. The molecule has 1 unspecified atom stereocenters. The molecule has 1 rings (SSSR count). The van der Waals surface area contributed by atoms with Crippen molar-refractivity contribution < 1.29 is 0 Å². The number of aromatic nitrogens is 1. The normalized spacial score (nSPS) is 12.0. The van der Waals surface area contributed by atoms with Crippen LogP contribution < -0.4 is 5.32 Å². The van der Waals surface area contributed by atoms with Gasteiger partial charge in [-0.2, -0.15) is 0 Å². The van der Waals surface area contributed by atoms with E-state index in [2.05, 4.69) is 23.1 Å². The molecule has 2 heteroatoms. The van der Waals surface area contributed by atoms with Gasteiger partial charge in [0.1, 0.15) is 0 Å². The summed E-state index contributed by atoms with van der Waals surface area (Å²) in [5, 5.41) is 3.37. The van der Waals surface area contributed by atoms with E-state index in [0.717, 1.165) is 19.4 Å². The van der Waals surface area contributed by atoms with Crippen LogP contribution in [-0.2, 0) is 6.42 Å². The second-order valence-corrected chi connectivity index (χ2v) is 3.37. The quantitative estimate of drug-likeness (QED) is 0.710. The fraction of sp³-hybridized carbons (Fsp3) is 0.417. The van der Waals surface area contributed by atoms with Gasteiger partial charge >= 0.3 is 0 Å². The molecule has 0 bridgehead atoms. The summed E-state index contributed by atoms with van der Waals surface area (Å²) in [6.45, 7) is 3.07. The molecule has 0 aliphatic rings. The topological polar surface area (TPSA) is 24.9 Å². The molecule has 0 spiro atoms. The van der Waals surface area contributed by atoms with Gasteiger partial charge in [0.15, 0.2) is 0 Å². The Morgan fingerprint density at radius 2 is 2.21 bits per heavy atom. The van der Waals surface area contributed by atoms with Gasteiger partial charge in [0.2, 0.25) is 0 Å². The summed E-state index contributed by atoms with van der Waals surface area (Å²) in [6, 6.07) is 4.47. The van der Waals surface area contributed by atoms with E-state index in [-0.39, 0.29) is 0 Å². The van der Waals surface area contributed by atoms with E-state index >= 15 is 0 Å². The van der Waals surface area contributed by atoms with Gasteiger partial charge in [0, 0.05) is 24.9 Å². The lowest BCUT2D eigenvalue weighted by Gasteiger charge is -2.10. The van der Waals surface area contributed by atoms with Gasteiger partial charge in [0.05, 0.1) is 0 Å². The van der Waals surface area contributed by atoms with Crippen LogP contribution in [0, 0.1) is 12.3 Å². The van der Waals surface area contributed by atoms with E-state index in [9.17, 15) is 0 Å². The predicted molar refractivity (Wildman–Crippen MR) is 58.9 cm³/mol. The summed E-state index contributed by atoms with van der Waals surface area (Å²) in [7, 11) is 0. The fourth-order valence-electron chi connectivity index (χ4n) is 1.26. The van der Waals surface area contributed by atoms with E-state index in [1.165, 1.54) is 5.56 Å². The van der Waals surface area contributed by atoms with Crippen LogP contribution in [0.25, 0.3) is 0 Å². The summed E-state index contributed by atoms with van der Waals surface area (Å²) in [5.74, 6) is 2.64. The number of nitrogens with zero attached hydrogens (tertiary/aromatic N) is 1. The minimum atomic E-state index is 0.404. The van der Waals surface area contributed by atoms with Crippen LogP contribution in [0.1, 0.15) is 18.9 Å². The second kappa shape index (κ2) is 6.17. The number of rotatable bonds is 5. The number of nitrogens with one attached hydrogen (secondary N) is 1. The van der Waals surface area contributed by atoms with Crippen LogP contribution in [0.15, 0.2) is 24.5 Å². The molecule has 1 atom stereocenters. The molecule has 0 aliphatic heterocycles. The highest BCUT2D eigenvalue weighted by atomic mass is 14.9. The lowest BCUT2D eigenvalue weighted by molar-refractivity contribution is 0.562. The highest BCUT2D eigenvalue weighted by Gasteiger charge is 1.97. The number of terminal acetylenes is 1. The molecule has 0 fully saturated rings. The van der Waals surface area contributed by atoms with Crippen molar-refractivity contribution in [2.75, 3.05) is 6.54 Å². The van der Waals surface area contributed by atoms with Crippen LogP contribution in [0.2, 0.25) is 0 Å². The standard InChI is InChI=1S/C12H16N2/c1-3-4-11(2)14-10-7-12-5-8-13-9-6-12/h1,5-6,8-9,11,14H,4,7,10H2,2H3. The van der Waals surface area contributed by atoms with Crippen LogP contribution >= 0.6 is 0 Å². The molecule has 1 N–H and O–H groups in total. The average molecular weight is 188 g/mol. The first kappa shape index (κ1) is 10.7. The predicted octanol–water partition coefficient (Wildman–Crippen LogP) is 1.63. The fourth-order valence-corrected chi connectivity index (χ4v) is 1.26. The molecular weight excluding hydrogens is 172 g/mol. The van der Waals surface area contributed by atoms with Crippen molar-refractivity contribution >= 4 is 0 Å². The van der Waals surface area contributed by atoms with Crippen molar-refractivity contribution in [3.05, 3.63) is 30.1 Å². The summed E-state index contributed by atoms with van der Waals surface area (Å²) < 4.78 is 0. The molecular formula is C12H16N2. The Kier molecular flexibility index (Phi) is 4.74. The SMILES string of the molecule is C#CCC(C)NCCc1ccncc1. The zero-order chi connectivity index (χ0) is 10.2. The number of hydrogen-bond acceptors (Lipinski definition) is 2. The van der Waals surface area contributed by atoms with Gasteiger partial charge in [-0.05, 0) is 37.6 Å². The third-order valence-electron chi connectivity index (χ3n) is 2.08. The lowest BCUT2D eigenvalue weighted by Crippen LogP contribution is -2.27. The molecule has 0 radical (unpaired) electrons. The first-order chi connectivity index (χ1) is 6.83.